The van der Waals surface area contributed by atoms with E-state index >= 15 is 0 Å². The summed E-state index contributed by atoms with van der Waals surface area (Å²) >= 11 is 0. The second kappa shape index (κ2) is 4.05. The maximum atomic E-state index is 13.5. The molecule has 0 spiro atoms. The van der Waals surface area contributed by atoms with E-state index in [1.165, 1.54) is 12.3 Å². The highest BCUT2D eigenvalue weighted by atomic mass is 19.1. The van der Waals surface area contributed by atoms with Crippen molar-refractivity contribution in [3.63, 3.8) is 0 Å². The third kappa shape index (κ3) is 1.74. The lowest BCUT2D eigenvalue weighted by Gasteiger charge is -2.04. The number of halogens is 1. The van der Waals surface area contributed by atoms with Crippen LogP contribution in [0, 0.1) is 12.7 Å². The predicted molar refractivity (Wildman–Crippen MR) is 63.0 cm³/mol. The van der Waals surface area contributed by atoms with Gasteiger partial charge in [-0.25, -0.2) is 4.39 Å². The summed E-state index contributed by atoms with van der Waals surface area (Å²) < 4.78 is 18.6. The first-order valence-electron chi connectivity index (χ1n) is 5.93. The number of carbonyl (C=O) groups is 1. The number of rotatable bonds is 3. The molecular formula is C14H12FNO2. The third-order valence-electron chi connectivity index (χ3n) is 3.30. The van der Waals surface area contributed by atoms with Crippen LogP contribution in [0.5, 0.6) is 0 Å². The molecule has 0 unspecified atom stereocenters. The zero-order valence-electron chi connectivity index (χ0n) is 9.94. The van der Waals surface area contributed by atoms with Gasteiger partial charge in [0.25, 0.3) is 0 Å². The average Bonchev–Trinajstić information content (AvgIpc) is 3.09. The van der Waals surface area contributed by atoms with Crippen LogP contribution in [0.1, 0.15) is 46.0 Å². The molecule has 0 radical (unpaired) electrons. The van der Waals surface area contributed by atoms with Gasteiger partial charge in [0.1, 0.15) is 5.82 Å². The molecule has 1 aliphatic carbocycles. The molecule has 4 heteroatoms. The normalized spacial score (nSPS) is 14.8. The van der Waals surface area contributed by atoms with E-state index in [9.17, 15) is 9.18 Å². The minimum atomic E-state index is -0.370. The third-order valence-corrected chi connectivity index (χ3v) is 3.30. The molecule has 0 amide bonds. The largest absolute Gasteiger partial charge is 0.360 e. The Morgan fingerprint density at radius 1 is 1.39 bits per heavy atom. The summed E-state index contributed by atoms with van der Waals surface area (Å²) in [6, 6.07) is 4.52. The molecule has 0 saturated heterocycles. The van der Waals surface area contributed by atoms with Crippen LogP contribution in [0.3, 0.4) is 0 Å². The van der Waals surface area contributed by atoms with Gasteiger partial charge in [0.05, 0.1) is 11.8 Å². The Labute approximate surface area is 104 Å². The molecule has 92 valence electrons. The first kappa shape index (κ1) is 11.1. The summed E-state index contributed by atoms with van der Waals surface area (Å²) in [7, 11) is 0. The monoisotopic (exact) mass is 245 g/mol. The van der Waals surface area contributed by atoms with Crippen LogP contribution < -0.4 is 0 Å². The van der Waals surface area contributed by atoms with Crippen LogP contribution >= 0.6 is 0 Å². The second-order valence-electron chi connectivity index (χ2n) is 4.62. The SMILES string of the molecule is Cc1c(F)cccc1C(=O)c1cnoc1C1CC1. The van der Waals surface area contributed by atoms with Gasteiger partial charge in [0.2, 0.25) is 0 Å². The van der Waals surface area contributed by atoms with E-state index in [2.05, 4.69) is 5.16 Å². The summed E-state index contributed by atoms with van der Waals surface area (Å²) in [4.78, 5) is 12.4. The van der Waals surface area contributed by atoms with Gasteiger partial charge in [-0.2, -0.15) is 0 Å². The van der Waals surface area contributed by atoms with Gasteiger partial charge >= 0.3 is 0 Å². The molecule has 3 rings (SSSR count). The number of hydrogen-bond donors (Lipinski definition) is 0. The van der Waals surface area contributed by atoms with E-state index < -0.39 is 0 Å². The molecule has 1 aliphatic rings. The zero-order chi connectivity index (χ0) is 12.7. The molecule has 0 bridgehead atoms. The van der Waals surface area contributed by atoms with Crippen LogP contribution in [0.2, 0.25) is 0 Å². The van der Waals surface area contributed by atoms with Gasteiger partial charge in [0, 0.05) is 11.5 Å². The molecule has 2 aromatic rings. The Hall–Kier alpha value is -1.97. The van der Waals surface area contributed by atoms with Gasteiger partial charge in [-0.3, -0.25) is 4.79 Å². The summed E-state index contributed by atoms with van der Waals surface area (Å²) in [6.07, 6.45) is 3.48. The molecule has 3 nitrogen and oxygen atoms in total. The smallest absolute Gasteiger partial charge is 0.198 e. The van der Waals surface area contributed by atoms with E-state index in [1.54, 1.807) is 19.1 Å². The van der Waals surface area contributed by atoms with Gasteiger partial charge < -0.3 is 4.52 Å². The van der Waals surface area contributed by atoms with Gasteiger partial charge in [-0.1, -0.05) is 17.3 Å². The molecule has 18 heavy (non-hydrogen) atoms. The Kier molecular flexibility index (Phi) is 2.51. The van der Waals surface area contributed by atoms with Crippen molar-refractivity contribution in [3.8, 4) is 0 Å². The van der Waals surface area contributed by atoms with Crippen LogP contribution in [0.25, 0.3) is 0 Å². The van der Waals surface area contributed by atoms with Crippen LogP contribution in [0.15, 0.2) is 28.9 Å². The van der Waals surface area contributed by atoms with Crippen molar-refractivity contribution in [3.05, 3.63) is 52.7 Å². The first-order valence-corrected chi connectivity index (χ1v) is 5.93. The molecule has 1 aromatic carbocycles. The molecule has 0 aliphatic heterocycles. The quantitative estimate of drug-likeness (QED) is 0.780. The molecule has 0 N–H and O–H groups in total. The van der Waals surface area contributed by atoms with E-state index in [1.807, 2.05) is 0 Å². The number of ketones is 1. The van der Waals surface area contributed by atoms with Gasteiger partial charge in [-0.15, -0.1) is 0 Å². The van der Waals surface area contributed by atoms with Crippen molar-refractivity contribution in [2.45, 2.75) is 25.7 Å². The van der Waals surface area contributed by atoms with Crippen molar-refractivity contribution in [1.29, 1.82) is 0 Å². The molecular weight excluding hydrogens is 233 g/mol. The van der Waals surface area contributed by atoms with E-state index in [-0.39, 0.29) is 11.6 Å². The first-order chi connectivity index (χ1) is 8.68. The molecule has 1 fully saturated rings. The minimum absolute atomic E-state index is 0.213. The Balaban J connectivity index is 2.03. The van der Waals surface area contributed by atoms with Crippen molar-refractivity contribution < 1.29 is 13.7 Å². The average molecular weight is 245 g/mol. The maximum absolute atomic E-state index is 13.5. The highest BCUT2D eigenvalue weighted by Gasteiger charge is 2.33. The highest BCUT2D eigenvalue weighted by Crippen LogP contribution is 2.42. The van der Waals surface area contributed by atoms with Crippen LogP contribution in [-0.4, -0.2) is 10.9 Å². The number of nitrogens with zero attached hydrogens (tertiary/aromatic N) is 1. The van der Waals surface area contributed by atoms with E-state index in [0.717, 1.165) is 12.8 Å². The fourth-order valence-corrected chi connectivity index (χ4v) is 2.06. The predicted octanol–water partition coefficient (Wildman–Crippen LogP) is 3.23. The second-order valence-corrected chi connectivity index (χ2v) is 4.62. The Morgan fingerprint density at radius 2 is 2.17 bits per heavy atom. The van der Waals surface area contributed by atoms with Crippen LogP contribution in [0.4, 0.5) is 4.39 Å². The molecule has 1 saturated carbocycles. The molecule has 1 aromatic heterocycles. The molecule has 0 atom stereocenters. The van der Waals surface area contributed by atoms with Gasteiger partial charge in [0.15, 0.2) is 11.5 Å². The van der Waals surface area contributed by atoms with Crippen molar-refractivity contribution in [2.75, 3.05) is 0 Å². The van der Waals surface area contributed by atoms with Gasteiger partial charge in [-0.05, 0) is 31.4 Å². The number of carbonyl (C=O) groups excluding carboxylic acids is 1. The fourth-order valence-electron chi connectivity index (χ4n) is 2.06. The topological polar surface area (TPSA) is 43.1 Å². The summed E-state index contributed by atoms with van der Waals surface area (Å²) in [5.41, 5.74) is 1.21. The summed E-state index contributed by atoms with van der Waals surface area (Å²) in [5.74, 6) is 0.365. The lowest BCUT2D eigenvalue weighted by atomic mass is 9.98. The van der Waals surface area contributed by atoms with Crippen molar-refractivity contribution >= 4 is 5.78 Å². The summed E-state index contributed by atoms with van der Waals surface area (Å²) in [5, 5.41) is 3.69. The number of benzene rings is 1. The highest BCUT2D eigenvalue weighted by molar-refractivity contribution is 6.10. The molecule has 1 heterocycles. The van der Waals surface area contributed by atoms with E-state index in [0.29, 0.717) is 28.4 Å². The fraction of sp³-hybridized carbons (Fsp3) is 0.286. The number of hydrogen-bond acceptors (Lipinski definition) is 3. The lowest BCUT2D eigenvalue weighted by Crippen LogP contribution is -2.06. The lowest BCUT2D eigenvalue weighted by molar-refractivity contribution is 0.103. The van der Waals surface area contributed by atoms with E-state index in [4.69, 9.17) is 4.52 Å². The standard InChI is InChI=1S/C14H12FNO2/c1-8-10(3-2-4-12(8)15)13(17)11-7-16-18-14(11)9-5-6-9/h2-4,7,9H,5-6H2,1H3. The Bertz CT molecular complexity index is 614. The number of aromatic nitrogens is 1. The van der Waals surface area contributed by atoms with Crippen molar-refractivity contribution in [1.82, 2.24) is 5.16 Å². The van der Waals surface area contributed by atoms with Crippen LogP contribution in [-0.2, 0) is 0 Å². The maximum Gasteiger partial charge on any atom is 0.198 e. The van der Waals surface area contributed by atoms with Crippen molar-refractivity contribution in [2.24, 2.45) is 0 Å². The Morgan fingerprint density at radius 3 is 2.89 bits per heavy atom. The minimum Gasteiger partial charge on any atom is -0.360 e. The summed E-state index contributed by atoms with van der Waals surface area (Å²) in [6.45, 7) is 1.60. The zero-order valence-corrected chi connectivity index (χ0v) is 9.94.